The highest BCUT2D eigenvalue weighted by molar-refractivity contribution is 9.12. The van der Waals surface area contributed by atoms with Crippen molar-refractivity contribution in [2.24, 2.45) is 5.92 Å². The van der Waals surface area contributed by atoms with Crippen LogP contribution < -0.4 is 0 Å². The number of hydrogen-bond acceptors (Lipinski definition) is 3. The minimum absolute atomic E-state index is 0.0547. The number of carbonyl (C=O) groups is 1. The molecule has 2 nitrogen and oxygen atoms in total. The Morgan fingerprint density at radius 2 is 2.12 bits per heavy atom. The Labute approximate surface area is 125 Å². The maximum Gasteiger partial charge on any atom is 0.177 e. The van der Waals surface area contributed by atoms with Crippen molar-refractivity contribution in [1.82, 2.24) is 0 Å². The van der Waals surface area contributed by atoms with Crippen molar-refractivity contribution in [3.63, 3.8) is 0 Å². The van der Waals surface area contributed by atoms with Gasteiger partial charge in [0.1, 0.15) is 0 Å². The van der Waals surface area contributed by atoms with E-state index in [2.05, 4.69) is 45.7 Å². The van der Waals surface area contributed by atoms with E-state index in [1.54, 1.807) is 6.07 Å². The van der Waals surface area contributed by atoms with E-state index < -0.39 is 10.8 Å². The van der Waals surface area contributed by atoms with Gasteiger partial charge in [-0.1, -0.05) is 13.8 Å². The van der Waals surface area contributed by atoms with Crippen LogP contribution in [0.1, 0.15) is 30.6 Å². The van der Waals surface area contributed by atoms with Gasteiger partial charge in [-0.15, -0.1) is 11.3 Å². The SMILES string of the molecule is CC(C)CCS(=O)CC(=O)c1cc(Br)sc1Br. The lowest BCUT2D eigenvalue weighted by Crippen LogP contribution is -2.14. The highest BCUT2D eigenvalue weighted by atomic mass is 79.9. The molecule has 1 unspecified atom stereocenters. The molecule has 0 spiro atoms. The molecular weight excluding hydrogens is 388 g/mol. The predicted molar refractivity (Wildman–Crippen MR) is 81.4 cm³/mol. The zero-order valence-corrected chi connectivity index (χ0v) is 14.5. The molecule has 0 bridgehead atoms. The maximum absolute atomic E-state index is 11.9. The third-order valence-electron chi connectivity index (χ3n) is 2.17. The Morgan fingerprint density at radius 1 is 1.47 bits per heavy atom. The monoisotopic (exact) mass is 400 g/mol. The fourth-order valence-corrected chi connectivity index (χ4v) is 5.38. The van der Waals surface area contributed by atoms with E-state index in [0.717, 1.165) is 14.0 Å². The Morgan fingerprint density at radius 3 is 2.59 bits per heavy atom. The van der Waals surface area contributed by atoms with E-state index in [1.807, 2.05) is 0 Å². The van der Waals surface area contributed by atoms with Crippen LogP contribution in [0.4, 0.5) is 0 Å². The zero-order chi connectivity index (χ0) is 13.0. The van der Waals surface area contributed by atoms with Crippen LogP contribution in [0.2, 0.25) is 0 Å². The van der Waals surface area contributed by atoms with Crippen LogP contribution >= 0.6 is 43.2 Å². The van der Waals surface area contributed by atoms with E-state index in [4.69, 9.17) is 0 Å². The molecule has 0 saturated carbocycles. The highest BCUT2D eigenvalue weighted by Crippen LogP contribution is 2.32. The minimum atomic E-state index is -1.05. The van der Waals surface area contributed by atoms with Gasteiger partial charge in [-0.25, -0.2) is 0 Å². The summed E-state index contributed by atoms with van der Waals surface area (Å²) in [6.07, 6.45) is 0.897. The zero-order valence-electron chi connectivity index (χ0n) is 9.66. The average Bonchev–Trinajstić information content (AvgIpc) is 2.55. The lowest BCUT2D eigenvalue weighted by molar-refractivity contribution is 0.102. The van der Waals surface area contributed by atoms with Crippen LogP contribution in [0.15, 0.2) is 13.6 Å². The molecule has 17 heavy (non-hydrogen) atoms. The summed E-state index contributed by atoms with van der Waals surface area (Å²) in [5.74, 6) is 1.19. The van der Waals surface area contributed by atoms with Crippen molar-refractivity contribution >= 4 is 59.8 Å². The lowest BCUT2D eigenvalue weighted by Gasteiger charge is -2.04. The van der Waals surface area contributed by atoms with Crippen molar-refractivity contribution < 1.29 is 9.00 Å². The second-order valence-corrected chi connectivity index (χ2v) is 9.46. The van der Waals surface area contributed by atoms with Gasteiger partial charge in [0.15, 0.2) is 5.78 Å². The second-order valence-electron chi connectivity index (χ2n) is 4.13. The number of rotatable bonds is 6. The molecule has 0 aromatic carbocycles. The highest BCUT2D eigenvalue weighted by Gasteiger charge is 2.16. The van der Waals surface area contributed by atoms with Crippen LogP contribution in [0, 0.1) is 5.92 Å². The molecule has 1 rings (SSSR count). The normalized spacial score (nSPS) is 13.0. The van der Waals surface area contributed by atoms with Crippen LogP contribution in [-0.2, 0) is 10.8 Å². The largest absolute Gasteiger partial charge is 0.293 e. The average molecular weight is 402 g/mol. The first-order chi connectivity index (χ1) is 7.90. The van der Waals surface area contributed by atoms with E-state index in [9.17, 15) is 9.00 Å². The summed E-state index contributed by atoms with van der Waals surface area (Å²) < 4.78 is 13.4. The number of hydrogen-bond donors (Lipinski definition) is 0. The fourth-order valence-electron chi connectivity index (χ4n) is 1.19. The van der Waals surface area contributed by atoms with Gasteiger partial charge in [-0.2, -0.15) is 0 Å². The van der Waals surface area contributed by atoms with Gasteiger partial charge in [-0.3, -0.25) is 9.00 Å². The van der Waals surface area contributed by atoms with Gasteiger partial charge in [0, 0.05) is 22.1 Å². The Kier molecular flexibility index (Phi) is 6.55. The minimum Gasteiger partial charge on any atom is -0.293 e. The molecule has 1 aromatic rings. The molecular formula is C11H14Br2O2S2. The molecule has 1 atom stereocenters. The molecule has 1 heterocycles. The first-order valence-corrected chi connectivity index (χ1v) is 9.12. The van der Waals surface area contributed by atoms with Crippen molar-refractivity contribution in [3.05, 3.63) is 19.2 Å². The van der Waals surface area contributed by atoms with Crippen molar-refractivity contribution in [2.45, 2.75) is 20.3 Å². The molecule has 0 radical (unpaired) electrons. The van der Waals surface area contributed by atoms with Gasteiger partial charge in [0.2, 0.25) is 0 Å². The molecule has 0 amide bonds. The summed E-state index contributed by atoms with van der Waals surface area (Å²) in [5, 5.41) is 0. The van der Waals surface area contributed by atoms with Crippen molar-refractivity contribution in [3.8, 4) is 0 Å². The topological polar surface area (TPSA) is 34.1 Å². The van der Waals surface area contributed by atoms with Gasteiger partial charge < -0.3 is 0 Å². The van der Waals surface area contributed by atoms with Crippen LogP contribution in [0.3, 0.4) is 0 Å². The molecule has 0 aliphatic heterocycles. The number of Topliss-reactive ketones (excluding diaryl/α,β-unsaturated/α-hetero) is 1. The van der Waals surface area contributed by atoms with Crippen molar-refractivity contribution in [2.75, 3.05) is 11.5 Å². The summed E-state index contributed by atoms with van der Waals surface area (Å²) in [6, 6.07) is 1.77. The lowest BCUT2D eigenvalue weighted by atomic mass is 10.2. The Bertz CT molecular complexity index is 427. The predicted octanol–water partition coefficient (Wildman–Crippen LogP) is 4.25. The van der Waals surface area contributed by atoms with Gasteiger partial charge >= 0.3 is 0 Å². The van der Waals surface area contributed by atoms with E-state index >= 15 is 0 Å². The van der Waals surface area contributed by atoms with E-state index in [0.29, 0.717) is 17.2 Å². The fraction of sp³-hybridized carbons (Fsp3) is 0.545. The molecule has 0 fully saturated rings. The molecule has 0 aliphatic rings. The summed E-state index contributed by atoms with van der Waals surface area (Å²) in [4.78, 5) is 11.9. The molecule has 0 aliphatic carbocycles. The number of carbonyl (C=O) groups excluding carboxylic acids is 1. The molecule has 0 N–H and O–H groups in total. The van der Waals surface area contributed by atoms with E-state index in [1.165, 1.54) is 11.3 Å². The third kappa shape index (κ3) is 5.32. The summed E-state index contributed by atoms with van der Waals surface area (Å²) >= 11 is 8.12. The maximum atomic E-state index is 11.9. The van der Waals surface area contributed by atoms with Gasteiger partial charge in [0.05, 0.1) is 13.3 Å². The first-order valence-electron chi connectivity index (χ1n) is 5.23. The Balaban J connectivity index is 2.55. The number of thiophene rings is 1. The summed E-state index contributed by atoms with van der Waals surface area (Å²) in [7, 11) is -1.05. The third-order valence-corrected chi connectivity index (χ3v) is 5.79. The first kappa shape index (κ1) is 15.5. The molecule has 0 saturated heterocycles. The standard InChI is InChI=1S/C11H14Br2O2S2/c1-7(2)3-4-17(15)6-9(14)8-5-10(12)16-11(8)13/h5,7H,3-4,6H2,1-2H3. The molecule has 1 aromatic heterocycles. The van der Waals surface area contributed by atoms with Crippen LogP contribution in [0.25, 0.3) is 0 Å². The van der Waals surface area contributed by atoms with Crippen molar-refractivity contribution in [1.29, 1.82) is 0 Å². The summed E-state index contributed by atoms with van der Waals surface area (Å²) in [6.45, 7) is 4.18. The Hall–Kier alpha value is 0.480. The number of ketones is 1. The molecule has 6 heteroatoms. The second kappa shape index (κ2) is 7.16. The number of halogens is 2. The van der Waals surface area contributed by atoms with Gasteiger partial charge in [0.25, 0.3) is 0 Å². The quantitative estimate of drug-likeness (QED) is 0.667. The van der Waals surface area contributed by atoms with Crippen LogP contribution in [-0.4, -0.2) is 21.5 Å². The summed E-state index contributed by atoms with van der Waals surface area (Å²) in [5.41, 5.74) is 0.625. The van der Waals surface area contributed by atoms with E-state index in [-0.39, 0.29) is 11.5 Å². The van der Waals surface area contributed by atoms with Crippen LogP contribution in [0.5, 0.6) is 0 Å². The molecule has 96 valence electrons. The smallest absolute Gasteiger partial charge is 0.177 e. The van der Waals surface area contributed by atoms with Gasteiger partial charge in [-0.05, 0) is 50.3 Å².